The molecule has 5 heteroatoms. The molecule has 90 valence electrons. The zero-order valence-electron chi connectivity index (χ0n) is 10.4. The molecule has 0 unspecified atom stereocenters. The molecule has 17 heavy (non-hydrogen) atoms. The van der Waals surface area contributed by atoms with Crippen molar-refractivity contribution in [1.82, 2.24) is 19.7 Å². The maximum atomic E-state index is 5.92. The van der Waals surface area contributed by atoms with Gasteiger partial charge in [0.15, 0.2) is 5.82 Å². The van der Waals surface area contributed by atoms with Crippen molar-refractivity contribution in [3.05, 3.63) is 30.4 Å². The molecule has 2 N–H and O–H groups in total. The SMILES string of the molecule is CC(C)(C)Cc1cc(N)n(-c2cnccn2)n1. The Kier molecular flexibility index (Phi) is 2.83. The van der Waals surface area contributed by atoms with Crippen LogP contribution < -0.4 is 5.73 Å². The number of hydrogen-bond donors (Lipinski definition) is 1. The van der Waals surface area contributed by atoms with E-state index in [0.717, 1.165) is 12.1 Å². The predicted octanol–water partition coefficient (Wildman–Crippen LogP) is 1.83. The molecule has 0 aliphatic heterocycles. The van der Waals surface area contributed by atoms with E-state index in [9.17, 15) is 0 Å². The fourth-order valence-electron chi connectivity index (χ4n) is 1.66. The molecule has 2 aromatic rings. The van der Waals surface area contributed by atoms with Crippen LogP contribution in [0.4, 0.5) is 5.82 Å². The summed E-state index contributed by atoms with van der Waals surface area (Å²) in [4.78, 5) is 8.18. The fourth-order valence-corrected chi connectivity index (χ4v) is 1.66. The van der Waals surface area contributed by atoms with Crippen molar-refractivity contribution >= 4 is 5.82 Å². The lowest BCUT2D eigenvalue weighted by molar-refractivity contribution is 0.405. The maximum absolute atomic E-state index is 5.92. The van der Waals surface area contributed by atoms with Gasteiger partial charge in [0.2, 0.25) is 0 Å². The van der Waals surface area contributed by atoms with E-state index >= 15 is 0 Å². The summed E-state index contributed by atoms with van der Waals surface area (Å²) in [6.07, 6.45) is 5.77. The molecule has 2 rings (SSSR count). The topological polar surface area (TPSA) is 69.6 Å². The third-order valence-electron chi connectivity index (χ3n) is 2.27. The minimum atomic E-state index is 0.188. The predicted molar refractivity (Wildman–Crippen MR) is 66.7 cm³/mol. The van der Waals surface area contributed by atoms with Gasteiger partial charge in [0.25, 0.3) is 0 Å². The minimum absolute atomic E-state index is 0.188. The van der Waals surface area contributed by atoms with Gasteiger partial charge in [-0.1, -0.05) is 20.8 Å². The number of nitrogens with zero attached hydrogens (tertiary/aromatic N) is 4. The number of nitrogen functional groups attached to an aromatic ring is 1. The molecule has 0 aromatic carbocycles. The van der Waals surface area contributed by atoms with Crippen molar-refractivity contribution in [2.45, 2.75) is 27.2 Å². The van der Waals surface area contributed by atoms with Crippen LogP contribution in [0, 0.1) is 5.41 Å². The Balaban J connectivity index is 2.32. The van der Waals surface area contributed by atoms with E-state index in [1.807, 2.05) is 6.07 Å². The van der Waals surface area contributed by atoms with Crippen molar-refractivity contribution in [1.29, 1.82) is 0 Å². The second-order valence-corrected chi connectivity index (χ2v) is 5.27. The normalized spacial score (nSPS) is 11.7. The molecule has 2 heterocycles. The largest absolute Gasteiger partial charge is 0.384 e. The molecular formula is C12H17N5. The Morgan fingerprint density at radius 2 is 2.06 bits per heavy atom. The Labute approximate surface area is 101 Å². The molecule has 0 radical (unpaired) electrons. The van der Waals surface area contributed by atoms with Gasteiger partial charge >= 0.3 is 0 Å². The standard InChI is InChI=1S/C12H17N5/c1-12(2,3)7-9-6-10(13)17(16-9)11-8-14-4-5-15-11/h4-6,8H,7,13H2,1-3H3. The summed E-state index contributed by atoms with van der Waals surface area (Å²) >= 11 is 0. The van der Waals surface area contributed by atoms with Gasteiger partial charge in [-0.05, 0) is 11.8 Å². The number of anilines is 1. The zero-order valence-corrected chi connectivity index (χ0v) is 10.4. The summed E-state index contributed by atoms with van der Waals surface area (Å²) in [6, 6.07) is 1.89. The summed E-state index contributed by atoms with van der Waals surface area (Å²) in [7, 11) is 0. The van der Waals surface area contributed by atoms with Crippen LogP contribution in [0.25, 0.3) is 5.82 Å². The molecule has 5 nitrogen and oxygen atoms in total. The smallest absolute Gasteiger partial charge is 0.174 e. The highest BCUT2D eigenvalue weighted by Gasteiger charge is 2.15. The van der Waals surface area contributed by atoms with Gasteiger partial charge in [-0.25, -0.2) is 4.98 Å². The molecule has 0 atom stereocenters. The maximum Gasteiger partial charge on any atom is 0.174 e. The lowest BCUT2D eigenvalue weighted by Crippen LogP contribution is -2.10. The van der Waals surface area contributed by atoms with E-state index in [1.54, 1.807) is 23.3 Å². The summed E-state index contributed by atoms with van der Waals surface area (Å²) in [5.41, 5.74) is 7.09. The lowest BCUT2D eigenvalue weighted by Gasteiger charge is -2.15. The van der Waals surface area contributed by atoms with Crippen LogP contribution in [-0.2, 0) is 6.42 Å². The summed E-state index contributed by atoms with van der Waals surface area (Å²) in [5, 5.41) is 4.45. The first-order chi connectivity index (χ1) is 7.96. The molecule has 0 amide bonds. The average Bonchev–Trinajstić information content (AvgIpc) is 2.58. The second kappa shape index (κ2) is 4.16. The quantitative estimate of drug-likeness (QED) is 0.856. The molecule has 0 spiro atoms. The number of rotatable bonds is 2. The number of aromatic nitrogens is 4. The highest BCUT2D eigenvalue weighted by atomic mass is 15.3. The van der Waals surface area contributed by atoms with Gasteiger partial charge in [-0.3, -0.25) is 4.98 Å². The van der Waals surface area contributed by atoms with Gasteiger partial charge in [0.1, 0.15) is 5.82 Å². The van der Waals surface area contributed by atoms with Gasteiger partial charge < -0.3 is 5.73 Å². The van der Waals surface area contributed by atoms with Crippen LogP contribution in [-0.4, -0.2) is 19.7 Å². The lowest BCUT2D eigenvalue weighted by atomic mass is 9.91. The Bertz CT molecular complexity index is 495. The molecule has 0 saturated heterocycles. The van der Waals surface area contributed by atoms with Gasteiger partial charge in [0, 0.05) is 18.5 Å². The minimum Gasteiger partial charge on any atom is -0.384 e. The molecule has 0 fully saturated rings. The van der Waals surface area contributed by atoms with E-state index < -0.39 is 0 Å². The first kappa shape index (κ1) is 11.6. The van der Waals surface area contributed by atoms with Crippen LogP contribution in [0.15, 0.2) is 24.7 Å². The summed E-state index contributed by atoms with van der Waals surface area (Å²) in [5.74, 6) is 1.23. The second-order valence-electron chi connectivity index (χ2n) is 5.27. The Morgan fingerprint density at radius 3 is 2.65 bits per heavy atom. The molecule has 0 bridgehead atoms. The molecule has 0 aliphatic carbocycles. The van der Waals surface area contributed by atoms with Crippen molar-refractivity contribution in [2.24, 2.45) is 5.41 Å². The first-order valence-corrected chi connectivity index (χ1v) is 5.56. The van der Waals surface area contributed by atoms with Crippen LogP contribution >= 0.6 is 0 Å². The molecule has 0 saturated carbocycles. The van der Waals surface area contributed by atoms with Crippen molar-refractivity contribution in [3.8, 4) is 5.82 Å². The van der Waals surface area contributed by atoms with Crippen molar-refractivity contribution in [2.75, 3.05) is 5.73 Å². The highest BCUT2D eigenvalue weighted by molar-refractivity contribution is 5.38. The van der Waals surface area contributed by atoms with E-state index in [4.69, 9.17) is 5.73 Å². The fraction of sp³-hybridized carbons (Fsp3) is 0.417. The Morgan fingerprint density at radius 1 is 1.29 bits per heavy atom. The third-order valence-corrected chi connectivity index (χ3v) is 2.27. The van der Waals surface area contributed by atoms with Crippen LogP contribution in [0.2, 0.25) is 0 Å². The first-order valence-electron chi connectivity index (χ1n) is 5.56. The third kappa shape index (κ3) is 2.81. The molecular weight excluding hydrogens is 214 g/mol. The van der Waals surface area contributed by atoms with Crippen molar-refractivity contribution in [3.63, 3.8) is 0 Å². The van der Waals surface area contributed by atoms with Gasteiger partial charge in [-0.15, -0.1) is 0 Å². The van der Waals surface area contributed by atoms with Crippen molar-refractivity contribution < 1.29 is 0 Å². The van der Waals surface area contributed by atoms with E-state index in [0.29, 0.717) is 11.6 Å². The summed E-state index contributed by atoms with van der Waals surface area (Å²) < 4.78 is 1.62. The number of nitrogens with two attached hydrogens (primary N) is 1. The van der Waals surface area contributed by atoms with Crippen LogP contribution in [0.3, 0.4) is 0 Å². The summed E-state index contributed by atoms with van der Waals surface area (Å²) in [6.45, 7) is 6.51. The monoisotopic (exact) mass is 231 g/mol. The molecule has 2 aromatic heterocycles. The van der Waals surface area contributed by atoms with Crippen LogP contribution in [0.5, 0.6) is 0 Å². The van der Waals surface area contributed by atoms with Crippen LogP contribution in [0.1, 0.15) is 26.5 Å². The molecule has 0 aliphatic rings. The van der Waals surface area contributed by atoms with E-state index in [-0.39, 0.29) is 5.41 Å². The van der Waals surface area contributed by atoms with Gasteiger partial charge in [-0.2, -0.15) is 9.78 Å². The van der Waals surface area contributed by atoms with Gasteiger partial charge in [0.05, 0.1) is 11.9 Å². The average molecular weight is 231 g/mol. The zero-order chi connectivity index (χ0) is 12.5. The Hall–Kier alpha value is -1.91. The number of hydrogen-bond acceptors (Lipinski definition) is 4. The highest BCUT2D eigenvalue weighted by Crippen LogP contribution is 2.21. The van der Waals surface area contributed by atoms with E-state index in [2.05, 4.69) is 35.8 Å². The van der Waals surface area contributed by atoms with E-state index in [1.165, 1.54) is 0 Å².